The van der Waals surface area contributed by atoms with E-state index >= 15 is 0 Å². The molecule has 13 heteroatoms. The van der Waals surface area contributed by atoms with Crippen LogP contribution >= 0.6 is 15.9 Å². The van der Waals surface area contributed by atoms with E-state index in [2.05, 4.69) is 25.4 Å². The second-order valence-corrected chi connectivity index (χ2v) is 9.68. The minimum absolute atomic E-state index is 0.0509. The number of aliphatic hydroxyl groups is 1. The van der Waals surface area contributed by atoms with Gasteiger partial charge in [0.05, 0.1) is 32.0 Å². The van der Waals surface area contributed by atoms with Crippen molar-refractivity contribution in [2.24, 2.45) is 0 Å². The Hall–Kier alpha value is -3.97. The highest BCUT2D eigenvalue weighted by atomic mass is 79.9. The molecule has 1 aliphatic rings. The predicted molar refractivity (Wildman–Crippen MR) is 157 cm³/mol. The Bertz CT molecular complexity index is 1240. The van der Waals surface area contributed by atoms with Crippen LogP contribution in [0.2, 0.25) is 0 Å². The quantitative estimate of drug-likeness (QED) is 0.131. The van der Waals surface area contributed by atoms with Crippen molar-refractivity contribution >= 4 is 46.1 Å². The van der Waals surface area contributed by atoms with Crippen LogP contribution in [-0.2, 0) is 38.1 Å². The number of aldehydes is 1. The molecule has 2 N–H and O–H groups in total. The van der Waals surface area contributed by atoms with Crippen LogP contribution in [0.5, 0.6) is 11.5 Å². The van der Waals surface area contributed by atoms with Gasteiger partial charge >= 0.3 is 29.5 Å². The van der Waals surface area contributed by atoms with E-state index in [1.165, 1.54) is 0 Å². The SMILES string of the molecule is CCOC(=O)C(Br)C(=O)OCC.CCOC(=O)C1(C(=O)OCC)Oc2cc(C)ccc2C1O.Cc1ccc(C=O)c(O)c1. The van der Waals surface area contributed by atoms with Gasteiger partial charge in [-0.2, -0.15) is 0 Å². The number of ether oxygens (including phenoxy) is 5. The molecule has 0 fully saturated rings. The molecule has 0 saturated heterocycles. The van der Waals surface area contributed by atoms with Crippen LogP contribution in [0, 0.1) is 13.8 Å². The summed E-state index contributed by atoms with van der Waals surface area (Å²) in [5.41, 5.74) is 0.335. The van der Waals surface area contributed by atoms with Crippen molar-refractivity contribution in [1.82, 2.24) is 0 Å². The van der Waals surface area contributed by atoms with Gasteiger partial charge in [0.2, 0.25) is 4.83 Å². The fourth-order valence-corrected chi connectivity index (χ4v) is 3.82. The summed E-state index contributed by atoms with van der Waals surface area (Å²) in [4.78, 5) is 55.4. The van der Waals surface area contributed by atoms with E-state index in [1.54, 1.807) is 64.1 Å². The monoisotopic (exact) mass is 668 g/mol. The number of fused-ring (bicyclic) bond motifs is 1. The van der Waals surface area contributed by atoms with E-state index in [4.69, 9.17) is 19.3 Å². The van der Waals surface area contributed by atoms with Crippen molar-refractivity contribution in [3.05, 3.63) is 58.7 Å². The Kier molecular flexibility index (Phi) is 15.4. The minimum atomic E-state index is -2.19. The summed E-state index contributed by atoms with van der Waals surface area (Å²) < 4.78 is 24.5. The highest BCUT2D eigenvalue weighted by Crippen LogP contribution is 2.45. The van der Waals surface area contributed by atoms with Gasteiger partial charge in [-0.05, 0) is 70.9 Å². The number of phenolic OH excluding ortho intramolecular Hbond substituents is 1. The molecule has 0 saturated carbocycles. The van der Waals surface area contributed by atoms with E-state index in [0.29, 0.717) is 17.4 Å². The first kappa shape index (κ1) is 37.1. The van der Waals surface area contributed by atoms with Gasteiger partial charge in [0.1, 0.15) is 17.6 Å². The number of halogens is 1. The number of aromatic hydroxyl groups is 1. The zero-order valence-corrected chi connectivity index (χ0v) is 26.5. The van der Waals surface area contributed by atoms with Crippen LogP contribution in [0.15, 0.2) is 36.4 Å². The average molecular weight is 670 g/mol. The number of carbonyl (C=O) groups excluding carboxylic acids is 5. The molecule has 0 amide bonds. The summed E-state index contributed by atoms with van der Waals surface area (Å²) in [5, 5.41) is 19.5. The van der Waals surface area contributed by atoms with Gasteiger partial charge in [-0.15, -0.1) is 0 Å². The fourth-order valence-electron chi connectivity index (χ4n) is 3.55. The summed E-state index contributed by atoms with van der Waals surface area (Å²) in [5.74, 6) is -2.81. The van der Waals surface area contributed by atoms with Crippen molar-refractivity contribution in [2.75, 3.05) is 26.4 Å². The number of rotatable bonds is 9. The topological polar surface area (TPSA) is 172 Å². The maximum absolute atomic E-state index is 12.2. The molecule has 3 rings (SSSR count). The maximum atomic E-state index is 12.2. The number of aryl methyl sites for hydroxylation is 2. The van der Waals surface area contributed by atoms with Gasteiger partial charge in [-0.3, -0.25) is 14.4 Å². The Labute approximate surface area is 258 Å². The molecule has 1 aliphatic heterocycles. The summed E-state index contributed by atoms with van der Waals surface area (Å²) in [6, 6.07) is 9.97. The van der Waals surface area contributed by atoms with Crippen LogP contribution < -0.4 is 4.74 Å². The Morgan fingerprint density at radius 3 is 1.77 bits per heavy atom. The Morgan fingerprint density at radius 2 is 1.33 bits per heavy atom. The fraction of sp³-hybridized carbons (Fsp3) is 0.433. The molecular formula is C30H37BrO12. The lowest BCUT2D eigenvalue weighted by atomic mass is 9.93. The molecule has 1 heterocycles. The molecule has 43 heavy (non-hydrogen) atoms. The lowest BCUT2D eigenvalue weighted by Crippen LogP contribution is -2.55. The van der Waals surface area contributed by atoms with E-state index in [1.807, 2.05) is 13.8 Å². The lowest BCUT2D eigenvalue weighted by molar-refractivity contribution is -0.188. The van der Waals surface area contributed by atoms with E-state index in [-0.39, 0.29) is 37.9 Å². The number of alkyl halides is 1. The molecular weight excluding hydrogens is 632 g/mol. The Morgan fingerprint density at radius 1 is 0.860 bits per heavy atom. The number of hydrogen-bond acceptors (Lipinski definition) is 12. The third-order valence-electron chi connectivity index (χ3n) is 5.58. The molecule has 2 aromatic carbocycles. The van der Waals surface area contributed by atoms with Gasteiger partial charge in [0.15, 0.2) is 6.29 Å². The van der Waals surface area contributed by atoms with Crippen LogP contribution in [0.3, 0.4) is 0 Å². The molecule has 1 unspecified atom stereocenters. The molecule has 236 valence electrons. The molecule has 0 radical (unpaired) electrons. The maximum Gasteiger partial charge on any atom is 0.365 e. The largest absolute Gasteiger partial charge is 0.507 e. The number of hydrogen-bond donors (Lipinski definition) is 2. The van der Waals surface area contributed by atoms with Crippen LogP contribution in [-0.4, -0.2) is 77.2 Å². The standard InChI is InChI=1S/C15H18O6.C8H8O2.C7H11BrO4/c1-4-19-13(17)15(14(18)20-5-2)12(16)10-7-6-9(3)8-11(10)21-15;1-6-2-3-7(5-9)8(10)4-6;1-3-11-6(9)5(8)7(10)12-4-2/h6-8,12,16H,4-5H2,1-3H3;2-5,10H,1H3;5H,3-4H2,1-2H3. The summed E-state index contributed by atoms with van der Waals surface area (Å²) in [6.07, 6.45) is -0.833. The van der Waals surface area contributed by atoms with E-state index in [9.17, 15) is 29.1 Å². The first-order chi connectivity index (χ1) is 20.3. The third-order valence-corrected chi connectivity index (χ3v) is 6.32. The number of benzene rings is 2. The van der Waals surface area contributed by atoms with Crippen molar-refractivity contribution in [3.8, 4) is 11.5 Å². The molecule has 12 nitrogen and oxygen atoms in total. The smallest absolute Gasteiger partial charge is 0.365 e. The van der Waals surface area contributed by atoms with E-state index < -0.39 is 40.4 Å². The van der Waals surface area contributed by atoms with Gasteiger partial charge in [-0.1, -0.05) is 34.1 Å². The van der Waals surface area contributed by atoms with Crippen LogP contribution in [0.1, 0.15) is 60.8 Å². The molecule has 2 aromatic rings. The normalized spacial score (nSPS) is 13.9. The minimum Gasteiger partial charge on any atom is -0.507 e. The van der Waals surface area contributed by atoms with Crippen molar-refractivity contribution in [3.63, 3.8) is 0 Å². The number of esters is 4. The second kappa shape index (κ2) is 17.9. The first-order valence-corrected chi connectivity index (χ1v) is 14.3. The van der Waals surface area contributed by atoms with Gasteiger partial charge in [0, 0.05) is 5.56 Å². The average Bonchev–Trinajstić information content (AvgIpc) is 3.26. The highest BCUT2D eigenvalue weighted by molar-refractivity contribution is 9.10. The van der Waals surface area contributed by atoms with Crippen LogP contribution in [0.25, 0.3) is 0 Å². The molecule has 0 aliphatic carbocycles. The van der Waals surface area contributed by atoms with Crippen molar-refractivity contribution in [1.29, 1.82) is 0 Å². The summed E-state index contributed by atoms with van der Waals surface area (Å²) in [7, 11) is 0. The molecule has 0 aromatic heterocycles. The second-order valence-electron chi connectivity index (χ2n) is 8.77. The summed E-state index contributed by atoms with van der Waals surface area (Å²) >= 11 is 2.86. The molecule has 0 spiro atoms. The van der Waals surface area contributed by atoms with E-state index in [0.717, 1.165) is 11.1 Å². The van der Waals surface area contributed by atoms with Gasteiger partial charge in [0.25, 0.3) is 0 Å². The zero-order chi connectivity index (χ0) is 32.7. The number of phenols is 1. The first-order valence-electron chi connectivity index (χ1n) is 13.4. The van der Waals surface area contributed by atoms with Gasteiger partial charge in [-0.25, -0.2) is 9.59 Å². The third kappa shape index (κ3) is 9.79. The zero-order valence-electron chi connectivity index (χ0n) is 24.9. The van der Waals surface area contributed by atoms with Crippen molar-refractivity contribution < 1.29 is 57.9 Å². The number of carbonyl (C=O) groups is 5. The highest BCUT2D eigenvalue weighted by Gasteiger charge is 2.62. The number of aliphatic hydroxyl groups excluding tert-OH is 1. The lowest BCUT2D eigenvalue weighted by Gasteiger charge is -2.26. The molecule has 0 bridgehead atoms. The predicted octanol–water partition coefficient (Wildman–Crippen LogP) is 3.68. The Balaban J connectivity index is 0.000000356. The summed E-state index contributed by atoms with van der Waals surface area (Å²) in [6.45, 7) is 10.9. The van der Waals surface area contributed by atoms with Crippen molar-refractivity contribution in [2.45, 2.75) is 58.1 Å². The van der Waals surface area contributed by atoms with Gasteiger partial charge < -0.3 is 33.9 Å². The molecule has 1 atom stereocenters. The van der Waals surface area contributed by atoms with Crippen LogP contribution in [0.4, 0.5) is 0 Å².